The van der Waals surface area contributed by atoms with Gasteiger partial charge in [-0.05, 0) is 56.9 Å². The Bertz CT molecular complexity index is 747. The van der Waals surface area contributed by atoms with Gasteiger partial charge < -0.3 is 9.31 Å². The molecule has 2 aromatic rings. The first-order chi connectivity index (χ1) is 11.7. The number of hydrogen-bond donors (Lipinski definition) is 0. The number of rotatable bonds is 4. The van der Waals surface area contributed by atoms with E-state index < -0.39 is 11.6 Å². The molecule has 0 amide bonds. The van der Waals surface area contributed by atoms with Crippen LogP contribution in [-0.2, 0) is 15.1 Å². The maximum absolute atomic E-state index is 13.2. The summed E-state index contributed by atoms with van der Waals surface area (Å²) in [6, 6.07) is 12.0. The quantitative estimate of drug-likeness (QED) is 0.587. The van der Waals surface area contributed by atoms with Crippen molar-refractivity contribution in [2.75, 3.05) is 0 Å². The van der Waals surface area contributed by atoms with E-state index in [-0.39, 0.29) is 18.3 Å². The van der Waals surface area contributed by atoms with Crippen LogP contribution in [0.1, 0.15) is 33.3 Å². The Balaban J connectivity index is 1.64. The van der Waals surface area contributed by atoms with Gasteiger partial charge in [0, 0.05) is 10.6 Å². The molecule has 0 atom stereocenters. The van der Waals surface area contributed by atoms with Crippen LogP contribution >= 0.6 is 11.8 Å². The zero-order valence-electron chi connectivity index (χ0n) is 14.8. The third-order valence-electron chi connectivity index (χ3n) is 4.80. The second kappa shape index (κ2) is 6.74. The van der Waals surface area contributed by atoms with E-state index in [1.165, 1.54) is 17.8 Å². The molecule has 0 N–H and O–H groups in total. The maximum Gasteiger partial charge on any atom is 0.494 e. The van der Waals surface area contributed by atoms with Gasteiger partial charge in [-0.2, -0.15) is 0 Å². The molecule has 1 fully saturated rings. The molecule has 1 heterocycles. The summed E-state index contributed by atoms with van der Waals surface area (Å²) in [6.07, 6.45) is 0. The van der Waals surface area contributed by atoms with Crippen molar-refractivity contribution in [2.24, 2.45) is 0 Å². The molecule has 1 aliphatic heterocycles. The van der Waals surface area contributed by atoms with Crippen LogP contribution in [0.25, 0.3) is 0 Å². The molecular formula is C19H21BF2O2S. The van der Waals surface area contributed by atoms with E-state index in [0.29, 0.717) is 10.6 Å². The standard InChI is InChI=1S/C19H21BF2O2S/c1-18(2)19(3,4)24-20(23-18)14-7-5-13(6-8-14)12-25-15-9-10-16(21)17(22)11-15/h5-11H,12H2,1-4H3. The molecule has 2 aromatic carbocycles. The van der Waals surface area contributed by atoms with Crippen molar-refractivity contribution in [3.8, 4) is 0 Å². The first-order valence-corrected chi connectivity index (χ1v) is 9.19. The van der Waals surface area contributed by atoms with Crippen LogP contribution < -0.4 is 5.46 Å². The molecule has 25 heavy (non-hydrogen) atoms. The second-order valence-electron chi connectivity index (χ2n) is 7.19. The van der Waals surface area contributed by atoms with Gasteiger partial charge in [-0.1, -0.05) is 24.3 Å². The first-order valence-electron chi connectivity index (χ1n) is 8.20. The molecule has 132 valence electrons. The Morgan fingerprint density at radius 1 is 0.880 bits per heavy atom. The van der Waals surface area contributed by atoms with Crippen molar-refractivity contribution in [3.05, 3.63) is 59.7 Å². The van der Waals surface area contributed by atoms with Gasteiger partial charge in [0.05, 0.1) is 11.2 Å². The Hall–Kier alpha value is -1.37. The monoisotopic (exact) mass is 362 g/mol. The summed E-state index contributed by atoms with van der Waals surface area (Å²) in [5.74, 6) is -0.966. The predicted octanol–water partition coefficient (Wildman–Crippen LogP) is 4.56. The van der Waals surface area contributed by atoms with Gasteiger partial charge >= 0.3 is 7.12 Å². The number of benzene rings is 2. The summed E-state index contributed by atoms with van der Waals surface area (Å²) >= 11 is 1.46. The molecule has 0 bridgehead atoms. The van der Waals surface area contributed by atoms with E-state index >= 15 is 0 Å². The topological polar surface area (TPSA) is 18.5 Å². The van der Waals surface area contributed by atoms with Crippen LogP contribution in [-0.4, -0.2) is 18.3 Å². The Kier molecular flexibility index (Phi) is 4.97. The zero-order chi connectivity index (χ0) is 18.2. The van der Waals surface area contributed by atoms with Crippen LogP contribution in [0.3, 0.4) is 0 Å². The average molecular weight is 362 g/mol. The van der Waals surface area contributed by atoms with Crippen molar-refractivity contribution >= 4 is 24.3 Å². The van der Waals surface area contributed by atoms with Gasteiger partial charge in [0.25, 0.3) is 0 Å². The lowest BCUT2D eigenvalue weighted by Gasteiger charge is -2.32. The SMILES string of the molecule is CC1(C)OB(c2ccc(CSc3ccc(F)c(F)c3)cc2)OC1(C)C. The summed E-state index contributed by atoms with van der Waals surface area (Å²) in [7, 11) is -0.377. The largest absolute Gasteiger partial charge is 0.494 e. The van der Waals surface area contributed by atoms with Gasteiger partial charge in [-0.15, -0.1) is 11.8 Å². The minimum atomic E-state index is -0.823. The van der Waals surface area contributed by atoms with E-state index in [2.05, 4.69) is 0 Å². The normalized spacial score (nSPS) is 18.6. The van der Waals surface area contributed by atoms with E-state index in [1.807, 2.05) is 52.0 Å². The Labute approximate surface area is 152 Å². The van der Waals surface area contributed by atoms with Gasteiger partial charge in [0.15, 0.2) is 11.6 Å². The highest BCUT2D eigenvalue weighted by atomic mass is 32.2. The van der Waals surface area contributed by atoms with Crippen LogP contribution in [0.5, 0.6) is 0 Å². The summed E-state index contributed by atoms with van der Waals surface area (Å²) in [6.45, 7) is 8.11. The maximum atomic E-state index is 13.2. The summed E-state index contributed by atoms with van der Waals surface area (Å²) in [5, 5.41) is 0. The van der Waals surface area contributed by atoms with Crippen LogP contribution in [0.4, 0.5) is 8.78 Å². The molecule has 0 spiro atoms. The summed E-state index contributed by atoms with van der Waals surface area (Å²) in [5.41, 5.74) is 1.34. The van der Waals surface area contributed by atoms with E-state index in [0.717, 1.165) is 17.1 Å². The number of hydrogen-bond acceptors (Lipinski definition) is 3. The van der Waals surface area contributed by atoms with Crippen molar-refractivity contribution in [1.82, 2.24) is 0 Å². The lowest BCUT2D eigenvalue weighted by molar-refractivity contribution is 0.00578. The fraction of sp³-hybridized carbons (Fsp3) is 0.368. The molecule has 3 rings (SSSR count). The lowest BCUT2D eigenvalue weighted by Crippen LogP contribution is -2.41. The Morgan fingerprint density at radius 3 is 2.04 bits per heavy atom. The van der Waals surface area contributed by atoms with Crippen molar-refractivity contribution in [1.29, 1.82) is 0 Å². The van der Waals surface area contributed by atoms with Gasteiger partial charge in [0.2, 0.25) is 0 Å². The van der Waals surface area contributed by atoms with Gasteiger partial charge in [-0.3, -0.25) is 0 Å². The lowest BCUT2D eigenvalue weighted by atomic mass is 9.79. The fourth-order valence-corrected chi connectivity index (χ4v) is 3.36. The molecule has 0 unspecified atom stereocenters. The molecular weight excluding hydrogens is 341 g/mol. The molecule has 6 heteroatoms. The van der Waals surface area contributed by atoms with E-state index in [1.54, 1.807) is 6.07 Å². The molecule has 0 aliphatic carbocycles. The third-order valence-corrected chi connectivity index (χ3v) is 5.87. The number of thioether (sulfide) groups is 1. The smallest absolute Gasteiger partial charge is 0.399 e. The minimum absolute atomic E-state index is 0.362. The molecule has 0 saturated carbocycles. The predicted molar refractivity (Wildman–Crippen MR) is 98.1 cm³/mol. The van der Waals surface area contributed by atoms with Gasteiger partial charge in [-0.25, -0.2) is 8.78 Å². The van der Waals surface area contributed by atoms with Crippen molar-refractivity contribution in [3.63, 3.8) is 0 Å². The summed E-state index contributed by atoms with van der Waals surface area (Å²) in [4.78, 5) is 0.703. The molecule has 0 aromatic heterocycles. The Morgan fingerprint density at radius 2 is 1.48 bits per heavy atom. The molecule has 0 radical (unpaired) electrons. The number of halogens is 2. The highest BCUT2D eigenvalue weighted by Gasteiger charge is 2.51. The van der Waals surface area contributed by atoms with E-state index in [4.69, 9.17) is 9.31 Å². The van der Waals surface area contributed by atoms with Crippen LogP contribution in [0.15, 0.2) is 47.4 Å². The third kappa shape index (κ3) is 3.91. The van der Waals surface area contributed by atoms with E-state index in [9.17, 15) is 8.78 Å². The summed E-state index contributed by atoms with van der Waals surface area (Å²) < 4.78 is 38.3. The molecule has 2 nitrogen and oxygen atoms in total. The average Bonchev–Trinajstić information content (AvgIpc) is 2.77. The highest BCUT2D eigenvalue weighted by molar-refractivity contribution is 7.98. The van der Waals surface area contributed by atoms with Gasteiger partial charge in [0.1, 0.15) is 0 Å². The molecule has 1 saturated heterocycles. The highest BCUT2D eigenvalue weighted by Crippen LogP contribution is 2.36. The zero-order valence-corrected chi connectivity index (χ0v) is 15.6. The molecule has 1 aliphatic rings. The van der Waals surface area contributed by atoms with Crippen molar-refractivity contribution < 1.29 is 18.1 Å². The second-order valence-corrected chi connectivity index (χ2v) is 8.24. The minimum Gasteiger partial charge on any atom is -0.399 e. The van der Waals surface area contributed by atoms with Crippen LogP contribution in [0, 0.1) is 11.6 Å². The first kappa shape index (κ1) is 18.4. The van der Waals surface area contributed by atoms with Crippen molar-refractivity contribution in [2.45, 2.75) is 49.5 Å². The fourth-order valence-electron chi connectivity index (χ4n) is 2.48. The van der Waals surface area contributed by atoms with Crippen LogP contribution in [0.2, 0.25) is 0 Å².